The Morgan fingerprint density at radius 1 is 0.536 bits per heavy atom. The van der Waals surface area contributed by atoms with Crippen molar-refractivity contribution >= 4 is 24.3 Å². The quantitative estimate of drug-likeness (QED) is 0.0454. The first kappa shape index (κ1) is 51.1. The maximum absolute atomic E-state index is 12.6. The number of halogens is 1. The highest BCUT2D eigenvalue weighted by Crippen LogP contribution is 2.33. The van der Waals surface area contributed by atoms with Crippen LogP contribution in [0.1, 0.15) is 204 Å². The lowest BCUT2D eigenvalue weighted by Crippen LogP contribution is -2.26. The second-order valence-electron chi connectivity index (χ2n) is 16.2. The highest BCUT2D eigenvalue weighted by atomic mass is 35.5. The maximum Gasteiger partial charge on any atom is 0.333 e. The lowest BCUT2D eigenvalue weighted by atomic mass is 9.85. The smallest absolute Gasteiger partial charge is 0.333 e. The standard InChI is InChI=1S/C50H79NO4.ClH/c1-9-11-13-15-17-19-21-23-25-33-45(41(7)54-49(52)39(3)4)47-35-29-27-31-43(47)37-51-38-44-32-28-30-36-48(44)46(42(8)55-50(53)40(5)6)34-26-24-22-20-18-16-14-12-10-2;/h27-32,35-36,41-42,45-46,51H,3,5,9-26,33-34,37-38H2,1-2,4,6-8H3;1H. The van der Waals surface area contributed by atoms with E-state index in [1.807, 2.05) is 13.8 Å². The number of carbonyl (C=O) groups is 2. The normalized spacial score (nSPS) is 13.2. The molecule has 4 unspecified atom stereocenters. The number of rotatable bonds is 32. The van der Waals surface area contributed by atoms with Gasteiger partial charge in [-0.1, -0.05) is 191 Å². The van der Waals surface area contributed by atoms with E-state index in [4.69, 9.17) is 9.47 Å². The first-order valence-electron chi connectivity index (χ1n) is 22.2. The van der Waals surface area contributed by atoms with E-state index in [1.54, 1.807) is 13.8 Å². The second kappa shape index (κ2) is 31.1. The lowest BCUT2D eigenvalue weighted by molar-refractivity contribution is -0.145. The lowest BCUT2D eigenvalue weighted by Gasteiger charge is -2.28. The molecule has 2 rings (SSSR count). The van der Waals surface area contributed by atoms with Crippen LogP contribution in [-0.4, -0.2) is 24.1 Å². The van der Waals surface area contributed by atoms with E-state index in [9.17, 15) is 9.59 Å². The van der Waals surface area contributed by atoms with E-state index in [2.05, 4.69) is 80.9 Å². The molecule has 0 aromatic heterocycles. The zero-order valence-electron chi connectivity index (χ0n) is 36.4. The summed E-state index contributed by atoms with van der Waals surface area (Å²) in [7, 11) is 0. The number of nitrogens with one attached hydrogen (secondary N) is 1. The molecule has 0 aliphatic rings. The van der Waals surface area contributed by atoms with Crippen molar-refractivity contribution in [1.29, 1.82) is 0 Å². The maximum atomic E-state index is 12.6. The SMILES string of the molecule is C=C(C)C(=O)OC(C)C(CCCCCCCCCCC)c1ccccc1CNCc1ccccc1C(CCCCCCCCCCC)C(C)OC(=O)C(=C)C.Cl. The molecule has 6 heteroatoms. The molecule has 0 spiro atoms. The van der Waals surface area contributed by atoms with E-state index >= 15 is 0 Å². The molecule has 316 valence electrons. The monoisotopic (exact) mass is 794 g/mol. The summed E-state index contributed by atoms with van der Waals surface area (Å²) >= 11 is 0. The Bertz CT molecular complexity index is 1290. The van der Waals surface area contributed by atoms with Gasteiger partial charge in [0.1, 0.15) is 12.2 Å². The van der Waals surface area contributed by atoms with Crippen LogP contribution in [0.15, 0.2) is 72.8 Å². The van der Waals surface area contributed by atoms with Gasteiger partial charge in [0, 0.05) is 36.1 Å². The highest BCUT2D eigenvalue weighted by Gasteiger charge is 2.27. The van der Waals surface area contributed by atoms with Gasteiger partial charge in [0.2, 0.25) is 0 Å². The summed E-state index contributed by atoms with van der Waals surface area (Å²) in [6.45, 7) is 21.1. The van der Waals surface area contributed by atoms with Crippen molar-refractivity contribution in [3.63, 3.8) is 0 Å². The highest BCUT2D eigenvalue weighted by molar-refractivity contribution is 5.87. The number of esters is 2. The Labute approximate surface area is 349 Å². The molecule has 0 fully saturated rings. The van der Waals surface area contributed by atoms with Crippen LogP contribution in [-0.2, 0) is 32.2 Å². The van der Waals surface area contributed by atoms with Crippen LogP contribution in [0.25, 0.3) is 0 Å². The van der Waals surface area contributed by atoms with Crippen molar-refractivity contribution in [3.05, 3.63) is 95.1 Å². The Morgan fingerprint density at radius 3 is 1.16 bits per heavy atom. The summed E-state index contributed by atoms with van der Waals surface area (Å²) in [5.74, 6) is -0.445. The number of hydrogen-bond acceptors (Lipinski definition) is 5. The van der Waals surface area contributed by atoms with Gasteiger partial charge in [0.05, 0.1) is 0 Å². The molecule has 0 heterocycles. The van der Waals surface area contributed by atoms with Gasteiger partial charge in [-0.05, 0) is 62.8 Å². The molecule has 2 aromatic carbocycles. The molecule has 0 radical (unpaired) electrons. The third kappa shape index (κ3) is 20.5. The zero-order chi connectivity index (χ0) is 40.3. The first-order valence-corrected chi connectivity index (χ1v) is 22.2. The molecule has 0 aliphatic carbocycles. The largest absolute Gasteiger partial charge is 0.459 e. The van der Waals surface area contributed by atoms with Gasteiger partial charge in [-0.2, -0.15) is 0 Å². The number of benzene rings is 2. The number of carbonyl (C=O) groups excluding carboxylic acids is 2. The van der Waals surface area contributed by atoms with Gasteiger partial charge in [0.25, 0.3) is 0 Å². The van der Waals surface area contributed by atoms with Crippen LogP contribution in [0.4, 0.5) is 0 Å². The minimum Gasteiger partial charge on any atom is -0.459 e. The summed E-state index contributed by atoms with van der Waals surface area (Å²) in [6.07, 6.45) is 24.4. The molecule has 0 bridgehead atoms. The zero-order valence-corrected chi connectivity index (χ0v) is 37.3. The predicted octanol–water partition coefficient (Wildman–Crippen LogP) is 14.4. The fourth-order valence-electron chi connectivity index (χ4n) is 7.78. The van der Waals surface area contributed by atoms with Crippen LogP contribution < -0.4 is 5.32 Å². The Balaban J connectivity index is 0.0000157. The molecule has 0 aliphatic heterocycles. The summed E-state index contributed by atoms with van der Waals surface area (Å²) < 4.78 is 11.9. The van der Waals surface area contributed by atoms with E-state index < -0.39 is 0 Å². The molecule has 2 aromatic rings. The van der Waals surface area contributed by atoms with Crippen LogP contribution >= 0.6 is 12.4 Å². The predicted molar refractivity (Wildman–Crippen MR) is 241 cm³/mol. The van der Waals surface area contributed by atoms with Gasteiger partial charge < -0.3 is 14.8 Å². The van der Waals surface area contributed by atoms with E-state index in [0.717, 1.165) is 25.7 Å². The van der Waals surface area contributed by atoms with E-state index in [0.29, 0.717) is 24.2 Å². The Hall–Kier alpha value is -2.89. The third-order valence-corrected chi connectivity index (χ3v) is 11.2. The summed E-state index contributed by atoms with van der Waals surface area (Å²) in [4.78, 5) is 25.3. The van der Waals surface area contributed by atoms with Gasteiger partial charge in [0.15, 0.2) is 0 Å². The van der Waals surface area contributed by atoms with Crippen molar-refractivity contribution in [2.45, 2.75) is 207 Å². The molecule has 4 atom stereocenters. The molecular weight excluding hydrogens is 714 g/mol. The van der Waals surface area contributed by atoms with Gasteiger partial charge >= 0.3 is 11.9 Å². The molecule has 1 N–H and O–H groups in total. The molecule has 0 saturated heterocycles. The van der Waals surface area contributed by atoms with Gasteiger partial charge in [-0.15, -0.1) is 12.4 Å². The number of hydrogen-bond donors (Lipinski definition) is 1. The molecule has 5 nitrogen and oxygen atoms in total. The fourth-order valence-corrected chi connectivity index (χ4v) is 7.78. The van der Waals surface area contributed by atoms with Crippen molar-refractivity contribution in [2.24, 2.45) is 0 Å². The van der Waals surface area contributed by atoms with Gasteiger partial charge in [-0.3, -0.25) is 0 Å². The average Bonchev–Trinajstić information content (AvgIpc) is 3.17. The third-order valence-electron chi connectivity index (χ3n) is 11.2. The van der Waals surface area contributed by atoms with Crippen LogP contribution in [0.3, 0.4) is 0 Å². The van der Waals surface area contributed by atoms with Crippen molar-refractivity contribution in [2.75, 3.05) is 0 Å². The van der Waals surface area contributed by atoms with Crippen LogP contribution in [0.5, 0.6) is 0 Å². The van der Waals surface area contributed by atoms with E-state index in [-0.39, 0.29) is 48.4 Å². The summed E-state index contributed by atoms with van der Waals surface area (Å²) in [6, 6.07) is 17.3. The molecule has 0 amide bonds. The summed E-state index contributed by atoms with van der Waals surface area (Å²) in [5.41, 5.74) is 5.81. The fraction of sp³-hybridized carbons (Fsp3) is 0.640. The van der Waals surface area contributed by atoms with Crippen molar-refractivity contribution in [3.8, 4) is 0 Å². The summed E-state index contributed by atoms with van der Waals surface area (Å²) in [5, 5.41) is 3.77. The average molecular weight is 795 g/mol. The number of ether oxygens (including phenoxy) is 2. The van der Waals surface area contributed by atoms with E-state index in [1.165, 1.54) is 125 Å². The molecular formula is C50H80ClNO4. The van der Waals surface area contributed by atoms with Gasteiger partial charge in [-0.25, -0.2) is 9.59 Å². The van der Waals surface area contributed by atoms with Crippen molar-refractivity contribution in [1.82, 2.24) is 5.32 Å². The minimum atomic E-state index is -0.322. The Morgan fingerprint density at radius 2 is 0.839 bits per heavy atom. The van der Waals surface area contributed by atoms with Crippen molar-refractivity contribution < 1.29 is 19.1 Å². The topological polar surface area (TPSA) is 64.6 Å². The second-order valence-corrected chi connectivity index (χ2v) is 16.2. The molecule has 0 saturated carbocycles. The molecule has 56 heavy (non-hydrogen) atoms. The van der Waals surface area contributed by atoms with Crippen LogP contribution in [0.2, 0.25) is 0 Å². The minimum absolute atomic E-state index is 0. The first-order chi connectivity index (χ1) is 26.6. The number of unbranched alkanes of at least 4 members (excludes halogenated alkanes) is 16. The Kier molecular flexibility index (Phi) is 28.4. The van der Waals surface area contributed by atoms with Crippen LogP contribution in [0, 0.1) is 0 Å².